The minimum absolute atomic E-state index is 0.426. The molecule has 0 aliphatic carbocycles. The van der Waals surface area contributed by atoms with Crippen molar-refractivity contribution in [2.45, 2.75) is 0 Å². The molecule has 0 radical (unpaired) electrons. The Labute approximate surface area is 132 Å². The molecule has 0 aromatic rings. The lowest BCUT2D eigenvalue weighted by molar-refractivity contribution is -0.113. The van der Waals surface area contributed by atoms with Crippen LogP contribution in [-0.4, -0.2) is 96.4 Å². The van der Waals surface area contributed by atoms with Gasteiger partial charge in [0.1, 0.15) is 0 Å². The first-order chi connectivity index (χ1) is 10.5. The van der Waals surface area contributed by atoms with Gasteiger partial charge in [-0.3, -0.25) is 15.1 Å². The van der Waals surface area contributed by atoms with E-state index in [2.05, 4.69) is 25.7 Å². The topological polar surface area (TPSA) is 106 Å². The largest absolute Gasteiger partial charge is 0.314 e. The summed E-state index contributed by atoms with van der Waals surface area (Å²) in [5, 5.41) is 8.54. The van der Waals surface area contributed by atoms with Gasteiger partial charge >= 0.3 is 0 Å². The Kier molecular flexibility index (Phi) is 9.52. The monoisotopic (exact) mass is 336 g/mol. The van der Waals surface area contributed by atoms with Crippen LogP contribution in [0.1, 0.15) is 0 Å². The first-order valence-electron chi connectivity index (χ1n) is 7.54. The van der Waals surface area contributed by atoms with Gasteiger partial charge in [0.2, 0.25) is 16.4 Å². The third kappa shape index (κ3) is 10.0. The predicted molar refractivity (Wildman–Crippen MR) is 85.8 cm³/mol. The summed E-state index contributed by atoms with van der Waals surface area (Å²) < 4.78 is 24.7. The fourth-order valence-corrected chi connectivity index (χ4v) is 2.65. The molecular formula is C12H28N6O3S. The molecule has 1 fully saturated rings. The molecule has 0 atom stereocenters. The van der Waals surface area contributed by atoms with Gasteiger partial charge in [0.25, 0.3) is 0 Å². The van der Waals surface area contributed by atoms with E-state index < -0.39 is 10.0 Å². The number of hydrogen-bond donors (Lipinski definition) is 4. The zero-order valence-electron chi connectivity index (χ0n) is 13.2. The summed E-state index contributed by atoms with van der Waals surface area (Å²) in [4.78, 5) is 12.7. The van der Waals surface area contributed by atoms with E-state index in [-0.39, 0.29) is 0 Å². The third-order valence-electron chi connectivity index (χ3n) is 3.35. The highest BCUT2D eigenvalue weighted by molar-refractivity contribution is 7.88. The lowest BCUT2D eigenvalue weighted by Gasteiger charge is -2.26. The summed E-state index contributed by atoms with van der Waals surface area (Å²) in [6.07, 6.45) is 1.87. The van der Waals surface area contributed by atoms with Crippen molar-refractivity contribution in [3.63, 3.8) is 0 Å². The first-order valence-corrected chi connectivity index (χ1v) is 9.43. The highest BCUT2D eigenvalue weighted by Gasteiger charge is 2.09. The van der Waals surface area contributed by atoms with E-state index in [0.717, 1.165) is 52.4 Å². The van der Waals surface area contributed by atoms with E-state index in [0.29, 0.717) is 19.5 Å². The van der Waals surface area contributed by atoms with Crippen molar-refractivity contribution in [3.05, 3.63) is 0 Å². The van der Waals surface area contributed by atoms with Crippen LogP contribution in [0.5, 0.6) is 0 Å². The molecule has 1 aliphatic rings. The second-order valence-corrected chi connectivity index (χ2v) is 7.08. The Morgan fingerprint density at radius 1 is 1.05 bits per heavy atom. The van der Waals surface area contributed by atoms with Gasteiger partial charge in [0.05, 0.1) is 6.26 Å². The fourth-order valence-electron chi connectivity index (χ4n) is 2.19. The van der Waals surface area contributed by atoms with Crippen LogP contribution in [0.15, 0.2) is 0 Å². The van der Waals surface area contributed by atoms with Gasteiger partial charge in [-0.05, 0) is 0 Å². The Morgan fingerprint density at radius 2 is 1.59 bits per heavy atom. The summed E-state index contributed by atoms with van der Waals surface area (Å²) in [6, 6.07) is 0. The Morgan fingerprint density at radius 3 is 2.09 bits per heavy atom. The van der Waals surface area contributed by atoms with Crippen molar-refractivity contribution in [1.82, 2.24) is 30.7 Å². The van der Waals surface area contributed by atoms with E-state index in [1.165, 1.54) is 6.26 Å². The van der Waals surface area contributed by atoms with E-state index in [4.69, 9.17) is 0 Å². The number of amides is 1. The van der Waals surface area contributed by atoms with E-state index >= 15 is 0 Å². The standard InChI is InChI=1S/C12H28N6O3S/c1-22(20,21)16-6-9-17-7-2-13-4-10-18(15-12-19)11-5-14-3-8-17/h12-14,16H,2-11H2,1H3,(H,15,19). The Hall–Kier alpha value is -0.780. The number of carbonyl (C=O) groups excluding carboxylic acids is 1. The van der Waals surface area contributed by atoms with Gasteiger partial charge in [-0.1, -0.05) is 0 Å². The molecule has 1 aliphatic heterocycles. The lowest BCUT2D eigenvalue weighted by atomic mass is 10.4. The summed E-state index contributed by atoms with van der Waals surface area (Å²) in [5.41, 5.74) is 2.68. The summed E-state index contributed by atoms with van der Waals surface area (Å²) in [6.45, 7) is 7.55. The third-order valence-corrected chi connectivity index (χ3v) is 4.08. The SMILES string of the molecule is CS(=O)(=O)NCCN1CCNCCN(NC=O)CCNCC1. The molecule has 4 N–H and O–H groups in total. The van der Waals surface area contributed by atoms with Gasteiger partial charge in [-0.25, -0.2) is 18.1 Å². The highest BCUT2D eigenvalue weighted by atomic mass is 32.2. The van der Waals surface area contributed by atoms with Crippen molar-refractivity contribution < 1.29 is 13.2 Å². The maximum atomic E-state index is 11.1. The van der Waals surface area contributed by atoms with Crippen LogP contribution < -0.4 is 20.8 Å². The summed E-state index contributed by atoms with van der Waals surface area (Å²) in [7, 11) is -3.13. The number of carbonyl (C=O) groups is 1. The van der Waals surface area contributed by atoms with Crippen LogP contribution in [-0.2, 0) is 14.8 Å². The van der Waals surface area contributed by atoms with Crippen molar-refractivity contribution >= 4 is 16.4 Å². The van der Waals surface area contributed by atoms with E-state index in [1.54, 1.807) is 0 Å². The van der Waals surface area contributed by atoms with Crippen molar-refractivity contribution in [2.75, 3.05) is 71.7 Å². The summed E-state index contributed by atoms with van der Waals surface area (Å²) >= 11 is 0. The van der Waals surface area contributed by atoms with Gasteiger partial charge in [0.15, 0.2) is 0 Å². The molecule has 1 saturated heterocycles. The fraction of sp³-hybridized carbons (Fsp3) is 0.917. The zero-order chi connectivity index (χ0) is 16.3. The number of hydrazine groups is 1. The molecule has 1 amide bonds. The molecule has 0 aromatic carbocycles. The normalized spacial score (nSPS) is 20.8. The molecule has 1 heterocycles. The van der Waals surface area contributed by atoms with Gasteiger partial charge in [-0.2, -0.15) is 0 Å². The van der Waals surface area contributed by atoms with Crippen LogP contribution >= 0.6 is 0 Å². The predicted octanol–water partition coefficient (Wildman–Crippen LogP) is -3.01. The van der Waals surface area contributed by atoms with Crippen LogP contribution in [0.3, 0.4) is 0 Å². The average Bonchev–Trinajstić information content (AvgIpc) is 2.42. The molecule has 0 unspecified atom stereocenters. The smallest absolute Gasteiger partial charge is 0.221 e. The minimum Gasteiger partial charge on any atom is -0.314 e. The molecule has 22 heavy (non-hydrogen) atoms. The molecule has 0 bridgehead atoms. The molecule has 10 heteroatoms. The minimum atomic E-state index is -3.13. The second-order valence-electron chi connectivity index (χ2n) is 5.24. The Bertz CT molecular complexity index is 392. The van der Waals surface area contributed by atoms with Crippen LogP contribution in [0, 0.1) is 0 Å². The van der Waals surface area contributed by atoms with Crippen LogP contribution in [0.4, 0.5) is 0 Å². The maximum Gasteiger partial charge on any atom is 0.221 e. The van der Waals surface area contributed by atoms with Gasteiger partial charge in [0, 0.05) is 65.4 Å². The number of nitrogens with zero attached hydrogens (tertiary/aromatic N) is 2. The Balaban J connectivity index is 2.32. The first kappa shape index (κ1) is 19.3. The number of hydrogen-bond acceptors (Lipinski definition) is 7. The van der Waals surface area contributed by atoms with Crippen molar-refractivity contribution in [1.29, 1.82) is 0 Å². The van der Waals surface area contributed by atoms with Crippen LogP contribution in [0.25, 0.3) is 0 Å². The molecule has 130 valence electrons. The molecule has 0 saturated carbocycles. The molecular weight excluding hydrogens is 308 g/mol. The molecule has 0 spiro atoms. The molecule has 0 aromatic heterocycles. The second kappa shape index (κ2) is 10.9. The van der Waals surface area contributed by atoms with E-state index in [9.17, 15) is 13.2 Å². The highest BCUT2D eigenvalue weighted by Crippen LogP contribution is 1.88. The number of rotatable bonds is 6. The van der Waals surface area contributed by atoms with Crippen molar-refractivity contribution in [2.24, 2.45) is 0 Å². The van der Waals surface area contributed by atoms with Gasteiger partial charge < -0.3 is 10.6 Å². The number of nitrogens with one attached hydrogen (secondary N) is 4. The summed E-state index contributed by atoms with van der Waals surface area (Å²) in [5.74, 6) is 0. The molecule has 9 nitrogen and oxygen atoms in total. The lowest BCUT2D eigenvalue weighted by Crippen LogP contribution is -2.48. The quantitative estimate of drug-likeness (QED) is 0.383. The maximum absolute atomic E-state index is 11.1. The van der Waals surface area contributed by atoms with Crippen molar-refractivity contribution in [3.8, 4) is 0 Å². The molecule has 1 rings (SSSR count). The average molecular weight is 336 g/mol. The zero-order valence-corrected chi connectivity index (χ0v) is 14.0. The van der Waals surface area contributed by atoms with E-state index in [1.807, 2.05) is 5.01 Å². The number of sulfonamides is 1. The van der Waals surface area contributed by atoms with Gasteiger partial charge in [-0.15, -0.1) is 0 Å². The van der Waals surface area contributed by atoms with Crippen LogP contribution in [0.2, 0.25) is 0 Å².